The van der Waals surface area contributed by atoms with Gasteiger partial charge in [0, 0.05) is 18.3 Å². The van der Waals surface area contributed by atoms with E-state index in [1.807, 2.05) is 19.9 Å². The Morgan fingerprint density at radius 2 is 1.44 bits per heavy atom. The molecule has 0 radical (unpaired) electrons. The van der Waals surface area contributed by atoms with Crippen LogP contribution in [-0.2, 0) is 0 Å². The molecule has 4 aliphatic carbocycles. The Morgan fingerprint density at radius 1 is 0.897 bits per heavy atom. The third kappa shape index (κ3) is 9.55. The fourth-order valence-corrected chi connectivity index (χ4v) is 4.88. The molecule has 0 heterocycles. The highest BCUT2D eigenvalue weighted by molar-refractivity contribution is 6.13. The van der Waals surface area contributed by atoms with Crippen LogP contribution in [0.5, 0.6) is 0 Å². The van der Waals surface area contributed by atoms with E-state index in [9.17, 15) is 4.39 Å². The van der Waals surface area contributed by atoms with Crippen molar-refractivity contribution in [2.75, 3.05) is 0 Å². The average molecular weight is 535 g/mol. The number of nitrogens with zero attached hydrogens (tertiary/aromatic N) is 2. The lowest BCUT2D eigenvalue weighted by Crippen LogP contribution is -2.16. The van der Waals surface area contributed by atoms with Crippen molar-refractivity contribution in [2.45, 2.75) is 114 Å². The van der Waals surface area contributed by atoms with Gasteiger partial charge in [0.2, 0.25) is 0 Å². The maximum atomic E-state index is 13.1. The van der Waals surface area contributed by atoms with E-state index < -0.39 is 0 Å². The summed E-state index contributed by atoms with van der Waals surface area (Å²) < 4.78 is 13.1. The molecular weight excluding hydrogens is 479 g/mol. The van der Waals surface area contributed by atoms with Crippen LogP contribution in [-0.4, -0.2) is 17.5 Å². The summed E-state index contributed by atoms with van der Waals surface area (Å²) in [4.78, 5) is 8.89. The van der Waals surface area contributed by atoms with Gasteiger partial charge in [-0.2, -0.15) is 0 Å². The largest absolute Gasteiger partial charge is 0.282 e. The van der Waals surface area contributed by atoms with Gasteiger partial charge in [0.25, 0.3) is 0 Å². The van der Waals surface area contributed by atoms with Crippen molar-refractivity contribution in [3.8, 4) is 0 Å². The Balaban J connectivity index is 0.000000337. The van der Waals surface area contributed by atoms with Crippen molar-refractivity contribution in [3.05, 3.63) is 83.4 Å². The highest BCUT2D eigenvalue weighted by atomic mass is 19.1. The lowest BCUT2D eigenvalue weighted by Gasteiger charge is -2.24. The molecule has 4 aliphatic rings. The zero-order valence-electron chi connectivity index (χ0n) is 26.8. The maximum absolute atomic E-state index is 13.1. The van der Waals surface area contributed by atoms with E-state index in [2.05, 4.69) is 98.2 Å². The summed E-state index contributed by atoms with van der Waals surface area (Å²) in [6.45, 7) is 27.4. The van der Waals surface area contributed by atoms with E-state index in [1.54, 1.807) is 0 Å². The molecule has 2 saturated carbocycles. The first-order valence-corrected chi connectivity index (χ1v) is 15.1. The Hall–Kier alpha value is -2.55. The average Bonchev–Trinajstić information content (AvgIpc) is 3.83. The zero-order chi connectivity index (χ0) is 29.8. The first-order chi connectivity index (χ1) is 18.5. The molecule has 4 rings (SSSR count). The Morgan fingerprint density at radius 3 is 1.90 bits per heavy atom. The third-order valence-corrected chi connectivity index (χ3v) is 7.85. The van der Waals surface area contributed by atoms with Gasteiger partial charge in [-0.15, -0.1) is 0 Å². The molecule has 0 aromatic carbocycles. The van der Waals surface area contributed by atoms with Crippen molar-refractivity contribution in [2.24, 2.45) is 26.7 Å². The van der Waals surface area contributed by atoms with Crippen LogP contribution >= 0.6 is 0 Å². The van der Waals surface area contributed by atoms with Gasteiger partial charge in [-0.05, 0) is 99.5 Å². The molecule has 2 fully saturated rings. The highest BCUT2D eigenvalue weighted by Crippen LogP contribution is 2.58. The van der Waals surface area contributed by atoms with Crippen molar-refractivity contribution >= 4 is 11.4 Å². The van der Waals surface area contributed by atoms with Gasteiger partial charge < -0.3 is 0 Å². The summed E-state index contributed by atoms with van der Waals surface area (Å²) in [6.07, 6.45) is 21.2. The molecule has 0 N–H and O–H groups in total. The molecule has 3 heteroatoms. The number of halogens is 1. The number of rotatable bonds is 5. The molecule has 0 unspecified atom stereocenters. The van der Waals surface area contributed by atoms with E-state index in [0.717, 1.165) is 17.2 Å². The van der Waals surface area contributed by atoms with Gasteiger partial charge in [0.1, 0.15) is 5.83 Å². The lowest BCUT2D eigenvalue weighted by atomic mass is 9.81. The van der Waals surface area contributed by atoms with Crippen LogP contribution in [0.2, 0.25) is 0 Å². The second-order valence-corrected chi connectivity index (χ2v) is 11.5. The summed E-state index contributed by atoms with van der Waals surface area (Å²) in [5.41, 5.74) is 7.83. The number of hydrogen-bond acceptors (Lipinski definition) is 2. The molecule has 0 aliphatic heterocycles. The Labute approximate surface area is 240 Å². The first-order valence-electron chi connectivity index (χ1n) is 15.1. The lowest BCUT2D eigenvalue weighted by molar-refractivity contribution is 0.421. The molecule has 0 saturated heterocycles. The van der Waals surface area contributed by atoms with Crippen LogP contribution in [0.25, 0.3) is 0 Å². The van der Waals surface area contributed by atoms with E-state index in [4.69, 9.17) is 4.99 Å². The summed E-state index contributed by atoms with van der Waals surface area (Å²) in [5, 5.41) is 0. The van der Waals surface area contributed by atoms with Crippen molar-refractivity contribution in [1.82, 2.24) is 0 Å². The van der Waals surface area contributed by atoms with E-state index in [0.29, 0.717) is 22.6 Å². The summed E-state index contributed by atoms with van der Waals surface area (Å²) in [7, 11) is 0. The normalized spacial score (nSPS) is 24.1. The highest BCUT2D eigenvalue weighted by Gasteiger charge is 2.47. The number of hydrogen-bond donors (Lipinski definition) is 0. The maximum Gasteiger partial charge on any atom is 0.125 e. The molecule has 39 heavy (non-hydrogen) atoms. The summed E-state index contributed by atoms with van der Waals surface area (Å²) in [5.74, 6) is 0.475. The molecule has 216 valence electrons. The fraction of sp³-hybridized carbons (Fsp3) is 0.556. The SMILES string of the molecule is C/C(=C1/C=CC=CC1=NC(C)C)C1(C(C)C)CC1.C=CN=C1C=C(F)C=C/C1=C(/C)C1(C)CC1.CC.CCC. The first kappa shape index (κ1) is 34.5. The second kappa shape index (κ2) is 15.9. The van der Waals surface area contributed by atoms with Gasteiger partial charge in [-0.25, -0.2) is 4.39 Å². The predicted molar refractivity (Wildman–Crippen MR) is 173 cm³/mol. The second-order valence-electron chi connectivity index (χ2n) is 11.5. The van der Waals surface area contributed by atoms with Crippen LogP contribution in [0.3, 0.4) is 0 Å². The van der Waals surface area contributed by atoms with Gasteiger partial charge in [0.05, 0.1) is 11.4 Å². The van der Waals surface area contributed by atoms with Crippen LogP contribution in [0.1, 0.15) is 108 Å². The van der Waals surface area contributed by atoms with Crippen molar-refractivity contribution in [1.29, 1.82) is 0 Å². The van der Waals surface area contributed by atoms with Crippen LogP contribution in [0.15, 0.2) is 93.4 Å². The number of aliphatic imine (C=N–C) groups is 2. The summed E-state index contributed by atoms with van der Waals surface area (Å²) >= 11 is 0. The van der Waals surface area contributed by atoms with E-state index >= 15 is 0 Å². The van der Waals surface area contributed by atoms with Crippen LogP contribution in [0, 0.1) is 16.7 Å². The monoisotopic (exact) mass is 534 g/mol. The van der Waals surface area contributed by atoms with E-state index in [1.165, 1.54) is 67.2 Å². The van der Waals surface area contributed by atoms with Crippen molar-refractivity contribution < 1.29 is 4.39 Å². The standard InChI is InChI=1S/C17H25N.C14H16FN.C3H8.C2H6/c1-12(2)17(10-11-17)14(5)15-8-6-7-9-16(15)18-13(3)4;1-4-16-13-9-11(15)5-6-12(13)10(2)14(3)7-8-14;1-3-2;1-2/h6-9,12-13H,10-11H2,1-5H3;4-6,9H,1,7-8H2,2-3H3;3H2,1-2H3;1-2H3/b15-14+,18-16?;12-10+,16-13?;;. The zero-order valence-corrected chi connectivity index (χ0v) is 26.8. The minimum absolute atomic E-state index is 0.252. The van der Waals surface area contributed by atoms with Gasteiger partial charge in [-0.3, -0.25) is 9.98 Å². The van der Waals surface area contributed by atoms with Crippen LogP contribution < -0.4 is 0 Å². The van der Waals surface area contributed by atoms with Gasteiger partial charge in [-0.1, -0.05) is 90.8 Å². The Bertz CT molecular complexity index is 1080. The molecule has 0 spiro atoms. The Kier molecular flexibility index (Phi) is 14.1. The molecule has 0 bridgehead atoms. The minimum Gasteiger partial charge on any atom is -0.282 e. The molecule has 2 nitrogen and oxygen atoms in total. The van der Waals surface area contributed by atoms with Gasteiger partial charge >= 0.3 is 0 Å². The summed E-state index contributed by atoms with van der Waals surface area (Å²) in [6, 6.07) is 0.355. The van der Waals surface area contributed by atoms with Gasteiger partial charge in [0.15, 0.2) is 0 Å². The minimum atomic E-state index is -0.252. The predicted octanol–water partition coefficient (Wildman–Crippen LogP) is 11.3. The fourth-order valence-electron chi connectivity index (χ4n) is 4.88. The molecule has 0 aromatic rings. The molecule has 0 aromatic heterocycles. The third-order valence-electron chi connectivity index (χ3n) is 7.85. The van der Waals surface area contributed by atoms with E-state index in [-0.39, 0.29) is 5.83 Å². The molecule has 0 amide bonds. The molecule has 0 atom stereocenters. The van der Waals surface area contributed by atoms with Crippen molar-refractivity contribution in [3.63, 3.8) is 0 Å². The quantitative estimate of drug-likeness (QED) is 0.335. The smallest absolute Gasteiger partial charge is 0.125 e. The van der Waals surface area contributed by atoms with Crippen LogP contribution in [0.4, 0.5) is 4.39 Å². The number of allylic oxidation sites excluding steroid dienone is 12. The molecular formula is C36H55FN2. The topological polar surface area (TPSA) is 24.7 Å².